The van der Waals surface area contributed by atoms with E-state index in [-0.39, 0.29) is 12.5 Å². The second-order valence-corrected chi connectivity index (χ2v) is 5.01. The van der Waals surface area contributed by atoms with Crippen molar-refractivity contribution in [2.45, 2.75) is 52.4 Å². The van der Waals surface area contributed by atoms with Crippen LogP contribution in [0.2, 0.25) is 0 Å². The molecule has 21 heavy (non-hydrogen) atoms. The molecule has 3 nitrogen and oxygen atoms in total. The van der Waals surface area contributed by atoms with E-state index in [1.54, 1.807) is 0 Å². The number of hydrogen-bond acceptors (Lipinski definition) is 2. The van der Waals surface area contributed by atoms with E-state index < -0.39 is 0 Å². The fourth-order valence-electron chi connectivity index (χ4n) is 2.05. The molecule has 1 aromatic carbocycles. The van der Waals surface area contributed by atoms with Gasteiger partial charge >= 0.3 is 0 Å². The van der Waals surface area contributed by atoms with Crippen molar-refractivity contribution in [2.75, 3.05) is 11.9 Å². The number of aryl methyl sites for hydroxylation is 1. The monoisotopic (exact) mass is 287 g/mol. The third-order valence-corrected chi connectivity index (χ3v) is 3.24. The van der Waals surface area contributed by atoms with Crippen LogP contribution in [0.1, 0.15) is 57.1 Å². The van der Waals surface area contributed by atoms with Crippen molar-refractivity contribution in [1.29, 1.82) is 0 Å². The third kappa shape index (κ3) is 6.46. The largest absolute Gasteiger partial charge is 0.395 e. The van der Waals surface area contributed by atoms with Crippen LogP contribution in [0, 0.1) is 11.8 Å². The van der Waals surface area contributed by atoms with Crippen LogP contribution < -0.4 is 5.32 Å². The number of aliphatic hydroxyl groups is 1. The molecule has 0 saturated heterocycles. The van der Waals surface area contributed by atoms with Gasteiger partial charge in [-0.25, -0.2) is 0 Å². The first-order valence-corrected chi connectivity index (χ1v) is 7.73. The Balaban J connectivity index is 2.70. The van der Waals surface area contributed by atoms with Crippen molar-refractivity contribution < 1.29 is 9.90 Å². The van der Waals surface area contributed by atoms with Crippen LogP contribution in [0.4, 0.5) is 5.69 Å². The molecule has 1 amide bonds. The average Bonchev–Trinajstić information content (AvgIpc) is 2.49. The van der Waals surface area contributed by atoms with E-state index in [4.69, 9.17) is 5.11 Å². The van der Waals surface area contributed by atoms with Gasteiger partial charge in [0.05, 0.1) is 6.61 Å². The molecule has 0 unspecified atom stereocenters. The van der Waals surface area contributed by atoms with Gasteiger partial charge in [-0.2, -0.15) is 0 Å². The van der Waals surface area contributed by atoms with Crippen molar-refractivity contribution >= 4 is 11.6 Å². The molecular weight excluding hydrogens is 262 g/mol. The molecule has 0 aliphatic heterocycles. The van der Waals surface area contributed by atoms with E-state index in [2.05, 4.69) is 31.0 Å². The fourth-order valence-corrected chi connectivity index (χ4v) is 2.05. The minimum absolute atomic E-state index is 0.0808. The summed E-state index contributed by atoms with van der Waals surface area (Å²) < 4.78 is 0. The van der Waals surface area contributed by atoms with Gasteiger partial charge in [0, 0.05) is 24.1 Å². The summed E-state index contributed by atoms with van der Waals surface area (Å²) in [4.78, 5) is 11.9. The Kier molecular flexibility index (Phi) is 8.23. The number of rotatable bonds is 7. The highest BCUT2D eigenvalue weighted by Crippen LogP contribution is 2.18. The SMILES string of the molecule is CCCCCC(=O)Nc1ccc(C#CCCO)cc1CC. The Hall–Kier alpha value is -1.79. The summed E-state index contributed by atoms with van der Waals surface area (Å²) in [6.45, 7) is 4.27. The summed E-state index contributed by atoms with van der Waals surface area (Å²) in [5, 5.41) is 11.7. The standard InChI is InChI=1S/C18H25NO2/c1-3-5-6-10-18(21)19-17-12-11-15(9-7-8-13-20)14-16(17)4-2/h11-12,14,20H,3-6,8,10,13H2,1-2H3,(H,19,21). The first-order valence-electron chi connectivity index (χ1n) is 7.73. The second kappa shape index (κ2) is 10.0. The number of aliphatic hydroxyl groups excluding tert-OH is 1. The number of benzene rings is 1. The Morgan fingerprint density at radius 3 is 2.76 bits per heavy atom. The zero-order valence-corrected chi connectivity index (χ0v) is 13.0. The zero-order valence-electron chi connectivity index (χ0n) is 13.0. The lowest BCUT2D eigenvalue weighted by molar-refractivity contribution is -0.116. The maximum atomic E-state index is 11.9. The van der Waals surface area contributed by atoms with Crippen molar-refractivity contribution in [3.05, 3.63) is 29.3 Å². The van der Waals surface area contributed by atoms with Crippen molar-refractivity contribution in [3.63, 3.8) is 0 Å². The van der Waals surface area contributed by atoms with Crippen LogP contribution in [-0.2, 0) is 11.2 Å². The molecule has 0 aliphatic carbocycles. The fraction of sp³-hybridized carbons (Fsp3) is 0.500. The molecule has 0 fully saturated rings. The Bertz CT molecular complexity index is 512. The molecule has 1 aromatic rings. The van der Waals surface area contributed by atoms with Crippen molar-refractivity contribution in [2.24, 2.45) is 0 Å². The van der Waals surface area contributed by atoms with Crippen LogP contribution in [0.25, 0.3) is 0 Å². The number of amides is 1. The predicted octanol–water partition coefficient (Wildman–Crippen LogP) is 3.50. The molecule has 2 N–H and O–H groups in total. The Morgan fingerprint density at radius 1 is 1.29 bits per heavy atom. The minimum atomic E-state index is 0.0808. The van der Waals surface area contributed by atoms with E-state index in [1.807, 2.05) is 18.2 Å². The van der Waals surface area contributed by atoms with Crippen LogP contribution in [0.15, 0.2) is 18.2 Å². The highest BCUT2D eigenvalue weighted by Gasteiger charge is 2.06. The van der Waals surface area contributed by atoms with Crippen LogP contribution in [0.3, 0.4) is 0 Å². The van der Waals surface area contributed by atoms with Crippen LogP contribution in [-0.4, -0.2) is 17.6 Å². The molecule has 0 radical (unpaired) electrons. The third-order valence-electron chi connectivity index (χ3n) is 3.24. The number of unbranched alkanes of at least 4 members (excludes halogenated alkanes) is 2. The maximum Gasteiger partial charge on any atom is 0.224 e. The Labute approximate surface area is 127 Å². The van der Waals surface area contributed by atoms with Gasteiger partial charge in [-0.15, -0.1) is 0 Å². The second-order valence-electron chi connectivity index (χ2n) is 5.01. The first kappa shape index (κ1) is 17.3. The molecule has 0 spiro atoms. The highest BCUT2D eigenvalue weighted by molar-refractivity contribution is 5.91. The number of nitrogens with one attached hydrogen (secondary N) is 1. The molecule has 114 valence electrons. The molecular formula is C18H25NO2. The molecule has 0 aromatic heterocycles. The summed E-state index contributed by atoms with van der Waals surface area (Å²) in [7, 11) is 0. The summed E-state index contributed by atoms with van der Waals surface area (Å²) in [5.41, 5.74) is 2.89. The molecule has 0 saturated carbocycles. The van der Waals surface area contributed by atoms with Gasteiger partial charge in [-0.1, -0.05) is 38.5 Å². The highest BCUT2D eigenvalue weighted by atomic mass is 16.2. The van der Waals surface area contributed by atoms with E-state index in [1.165, 1.54) is 0 Å². The van der Waals surface area contributed by atoms with Gasteiger partial charge in [0.1, 0.15) is 0 Å². The van der Waals surface area contributed by atoms with Gasteiger partial charge in [-0.05, 0) is 36.6 Å². The number of anilines is 1. The van der Waals surface area contributed by atoms with E-state index in [0.29, 0.717) is 12.8 Å². The quantitative estimate of drug-likeness (QED) is 0.595. The van der Waals surface area contributed by atoms with Gasteiger partial charge in [0.25, 0.3) is 0 Å². The van der Waals surface area contributed by atoms with Gasteiger partial charge < -0.3 is 10.4 Å². The van der Waals surface area contributed by atoms with E-state index in [9.17, 15) is 4.79 Å². The van der Waals surface area contributed by atoms with Gasteiger partial charge in [0.15, 0.2) is 0 Å². The number of carbonyl (C=O) groups is 1. The number of hydrogen-bond donors (Lipinski definition) is 2. The summed E-state index contributed by atoms with van der Waals surface area (Å²) in [5.74, 6) is 6.01. The van der Waals surface area contributed by atoms with Crippen LogP contribution >= 0.6 is 0 Å². The zero-order chi connectivity index (χ0) is 15.5. The lowest BCUT2D eigenvalue weighted by Crippen LogP contribution is -2.12. The van der Waals surface area contributed by atoms with Gasteiger partial charge in [-0.3, -0.25) is 4.79 Å². The first-order chi connectivity index (χ1) is 10.2. The van der Waals surface area contributed by atoms with Crippen molar-refractivity contribution in [3.8, 4) is 11.8 Å². The molecule has 3 heteroatoms. The minimum Gasteiger partial charge on any atom is -0.395 e. The summed E-state index contributed by atoms with van der Waals surface area (Å²) in [6, 6.07) is 5.83. The maximum absolute atomic E-state index is 11.9. The van der Waals surface area contributed by atoms with Crippen LogP contribution in [0.5, 0.6) is 0 Å². The summed E-state index contributed by atoms with van der Waals surface area (Å²) in [6.07, 6.45) is 5.06. The predicted molar refractivity (Wildman–Crippen MR) is 87.2 cm³/mol. The molecule has 0 atom stereocenters. The van der Waals surface area contributed by atoms with Crippen molar-refractivity contribution in [1.82, 2.24) is 0 Å². The molecule has 0 aliphatic rings. The molecule has 1 rings (SSSR count). The molecule has 0 bridgehead atoms. The van der Waals surface area contributed by atoms with Gasteiger partial charge in [0.2, 0.25) is 5.91 Å². The smallest absolute Gasteiger partial charge is 0.224 e. The van der Waals surface area contributed by atoms with E-state index in [0.717, 1.165) is 42.5 Å². The lowest BCUT2D eigenvalue weighted by atomic mass is 10.1. The normalized spacial score (nSPS) is 9.86. The molecule has 0 heterocycles. The topological polar surface area (TPSA) is 49.3 Å². The Morgan fingerprint density at radius 2 is 2.10 bits per heavy atom. The number of carbonyl (C=O) groups excluding carboxylic acids is 1. The van der Waals surface area contributed by atoms with E-state index >= 15 is 0 Å². The lowest BCUT2D eigenvalue weighted by Gasteiger charge is -2.10. The summed E-state index contributed by atoms with van der Waals surface area (Å²) >= 11 is 0. The average molecular weight is 287 g/mol.